The topological polar surface area (TPSA) is 53.2 Å². The van der Waals surface area contributed by atoms with Crippen LogP contribution in [0, 0.1) is 0 Å². The van der Waals surface area contributed by atoms with Crippen LogP contribution in [0.5, 0.6) is 5.75 Å². The summed E-state index contributed by atoms with van der Waals surface area (Å²) >= 11 is 17.8. The van der Waals surface area contributed by atoms with E-state index in [1.807, 2.05) is 6.07 Å². The van der Waals surface area contributed by atoms with Crippen molar-refractivity contribution in [1.82, 2.24) is 9.13 Å². The van der Waals surface area contributed by atoms with Crippen LogP contribution in [0.25, 0.3) is 11.0 Å². The van der Waals surface area contributed by atoms with Gasteiger partial charge in [0.2, 0.25) is 0 Å². The van der Waals surface area contributed by atoms with Crippen molar-refractivity contribution in [3.05, 3.63) is 62.0 Å². The normalized spacial score (nSPS) is 11.0. The van der Waals surface area contributed by atoms with Crippen molar-refractivity contribution in [2.24, 2.45) is 7.05 Å². The van der Waals surface area contributed by atoms with Crippen LogP contribution in [-0.2, 0) is 18.4 Å². The third kappa shape index (κ3) is 3.02. The number of fused-ring (bicyclic) bond motifs is 1. The number of benzene rings is 2. The first-order valence-electron chi connectivity index (χ1n) is 6.88. The maximum atomic E-state index is 12.3. The van der Waals surface area contributed by atoms with Gasteiger partial charge in [0.05, 0.1) is 21.1 Å². The number of esters is 1. The molecule has 0 aliphatic rings. The minimum Gasteiger partial charge on any atom is -0.422 e. The first kappa shape index (κ1) is 16.9. The molecule has 1 heterocycles. The number of nitrogens with zero attached hydrogens (tertiary/aromatic N) is 2. The summed E-state index contributed by atoms with van der Waals surface area (Å²) in [7, 11) is 1.64. The molecule has 0 bridgehead atoms. The van der Waals surface area contributed by atoms with Gasteiger partial charge in [-0.05, 0) is 24.3 Å². The van der Waals surface area contributed by atoms with Gasteiger partial charge in [0.15, 0.2) is 5.75 Å². The monoisotopic (exact) mass is 384 g/mol. The van der Waals surface area contributed by atoms with Crippen LogP contribution in [0.4, 0.5) is 0 Å². The second kappa shape index (κ2) is 6.51. The van der Waals surface area contributed by atoms with Crippen molar-refractivity contribution in [3.8, 4) is 5.75 Å². The summed E-state index contributed by atoms with van der Waals surface area (Å²) in [6, 6.07) is 10.00. The molecule has 0 atom stereocenters. The summed E-state index contributed by atoms with van der Waals surface area (Å²) < 4.78 is 8.01. The molecule has 24 heavy (non-hydrogen) atoms. The lowest BCUT2D eigenvalue weighted by Crippen LogP contribution is -2.27. The smallest absolute Gasteiger partial charge is 0.331 e. The Bertz CT molecular complexity index is 984. The molecule has 0 spiro atoms. The van der Waals surface area contributed by atoms with Crippen LogP contribution in [0.15, 0.2) is 41.2 Å². The van der Waals surface area contributed by atoms with Crippen LogP contribution in [0.3, 0.4) is 0 Å². The van der Waals surface area contributed by atoms with Gasteiger partial charge in [-0.1, -0.05) is 46.9 Å². The van der Waals surface area contributed by atoms with E-state index < -0.39 is 5.97 Å². The molecular weight excluding hydrogens is 375 g/mol. The summed E-state index contributed by atoms with van der Waals surface area (Å²) in [5, 5.41) is 0.562. The number of ether oxygens (including phenoxy) is 1. The average molecular weight is 386 g/mol. The molecule has 3 rings (SSSR count). The number of hydrogen-bond donors (Lipinski definition) is 0. The lowest BCUT2D eigenvalue weighted by molar-refractivity contribution is -0.135. The highest BCUT2D eigenvalue weighted by Gasteiger charge is 2.17. The van der Waals surface area contributed by atoms with Crippen molar-refractivity contribution in [2.45, 2.75) is 6.54 Å². The lowest BCUT2D eigenvalue weighted by Gasteiger charge is -2.09. The Balaban J connectivity index is 1.92. The van der Waals surface area contributed by atoms with E-state index in [4.69, 9.17) is 39.5 Å². The number of rotatable bonds is 3. The zero-order valence-corrected chi connectivity index (χ0v) is 14.7. The number of aromatic nitrogens is 2. The number of hydrogen-bond acceptors (Lipinski definition) is 3. The first-order chi connectivity index (χ1) is 11.4. The van der Waals surface area contributed by atoms with Gasteiger partial charge in [-0.3, -0.25) is 9.13 Å². The van der Waals surface area contributed by atoms with E-state index in [0.29, 0.717) is 10.5 Å². The van der Waals surface area contributed by atoms with Crippen LogP contribution >= 0.6 is 34.8 Å². The molecule has 0 aliphatic carbocycles. The third-order valence-electron chi connectivity index (χ3n) is 3.52. The van der Waals surface area contributed by atoms with Gasteiger partial charge >= 0.3 is 11.7 Å². The molecule has 0 unspecified atom stereocenters. The first-order valence-corrected chi connectivity index (χ1v) is 8.01. The van der Waals surface area contributed by atoms with Crippen molar-refractivity contribution >= 4 is 51.8 Å². The van der Waals surface area contributed by atoms with E-state index >= 15 is 0 Å². The van der Waals surface area contributed by atoms with Crippen molar-refractivity contribution in [3.63, 3.8) is 0 Å². The molecule has 8 heteroatoms. The molecule has 0 aliphatic heterocycles. The molecule has 2 aromatic carbocycles. The van der Waals surface area contributed by atoms with Gasteiger partial charge in [0.1, 0.15) is 6.54 Å². The van der Waals surface area contributed by atoms with Crippen molar-refractivity contribution < 1.29 is 9.53 Å². The van der Waals surface area contributed by atoms with E-state index in [1.54, 1.807) is 25.2 Å². The number of halogens is 3. The zero-order chi connectivity index (χ0) is 17.4. The summed E-state index contributed by atoms with van der Waals surface area (Å²) in [4.78, 5) is 24.5. The van der Waals surface area contributed by atoms with Gasteiger partial charge in [0.25, 0.3) is 0 Å². The van der Waals surface area contributed by atoms with E-state index in [0.717, 1.165) is 5.52 Å². The Kier molecular flexibility index (Phi) is 4.58. The van der Waals surface area contributed by atoms with Gasteiger partial charge < -0.3 is 4.74 Å². The Morgan fingerprint density at radius 2 is 1.67 bits per heavy atom. The Morgan fingerprint density at radius 1 is 1.08 bits per heavy atom. The van der Waals surface area contributed by atoms with Crippen LogP contribution in [-0.4, -0.2) is 15.1 Å². The summed E-state index contributed by atoms with van der Waals surface area (Å²) in [5.74, 6) is -0.652. The van der Waals surface area contributed by atoms with Gasteiger partial charge in [-0.15, -0.1) is 0 Å². The Hall–Kier alpha value is -1.95. The highest BCUT2D eigenvalue weighted by Crippen LogP contribution is 2.35. The fourth-order valence-corrected chi connectivity index (χ4v) is 3.31. The number of para-hydroxylation sites is 2. The number of carbonyl (C=O) groups excluding carboxylic acids is 1. The van der Waals surface area contributed by atoms with Crippen LogP contribution in [0.2, 0.25) is 15.1 Å². The second-order valence-corrected chi connectivity index (χ2v) is 6.34. The molecule has 1 aromatic heterocycles. The van der Waals surface area contributed by atoms with Gasteiger partial charge in [-0.25, -0.2) is 9.59 Å². The van der Waals surface area contributed by atoms with Crippen molar-refractivity contribution in [1.29, 1.82) is 0 Å². The molecule has 0 amide bonds. The number of carbonyl (C=O) groups is 1. The average Bonchev–Trinajstić information content (AvgIpc) is 2.76. The maximum Gasteiger partial charge on any atom is 0.331 e. The molecule has 3 aromatic rings. The quantitative estimate of drug-likeness (QED) is 0.507. The summed E-state index contributed by atoms with van der Waals surface area (Å²) in [6.07, 6.45) is 0. The highest BCUT2D eigenvalue weighted by atomic mass is 35.5. The Labute approximate surface area is 151 Å². The van der Waals surface area contributed by atoms with E-state index in [9.17, 15) is 9.59 Å². The predicted molar refractivity (Wildman–Crippen MR) is 94.3 cm³/mol. The molecule has 0 fully saturated rings. The molecule has 0 N–H and O–H groups in total. The molecule has 124 valence electrons. The molecule has 0 saturated heterocycles. The fourth-order valence-electron chi connectivity index (χ4n) is 2.42. The largest absolute Gasteiger partial charge is 0.422 e. The highest BCUT2D eigenvalue weighted by molar-refractivity contribution is 6.40. The van der Waals surface area contributed by atoms with Gasteiger partial charge in [-0.2, -0.15) is 0 Å². The molecule has 0 saturated carbocycles. The molecule has 5 nitrogen and oxygen atoms in total. The van der Waals surface area contributed by atoms with Gasteiger partial charge in [0, 0.05) is 12.1 Å². The third-order valence-corrected chi connectivity index (χ3v) is 4.30. The minimum absolute atomic E-state index is 0.0148. The maximum absolute atomic E-state index is 12.3. The predicted octanol–water partition coefficient (Wildman–Crippen LogP) is 3.91. The lowest BCUT2D eigenvalue weighted by atomic mass is 10.3. The molecule has 0 radical (unpaired) electrons. The number of imidazole rings is 1. The van der Waals surface area contributed by atoms with E-state index in [-0.39, 0.29) is 28.0 Å². The Morgan fingerprint density at radius 3 is 2.29 bits per heavy atom. The standard InChI is InChI=1S/C16H11Cl3N2O3/c1-20-12-4-2-3-5-13(12)21(16(20)23)8-14(22)24-15-10(18)6-9(17)7-11(15)19/h2-7H,8H2,1H3. The molecular formula is C16H11Cl3N2O3. The fraction of sp³-hybridized carbons (Fsp3) is 0.125. The summed E-state index contributed by atoms with van der Waals surface area (Å²) in [6.45, 7) is -0.268. The summed E-state index contributed by atoms with van der Waals surface area (Å²) in [5.41, 5.74) is 1.04. The second-order valence-electron chi connectivity index (χ2n) is 5.09. The minimum atomic E-state index is -0.667. The SMILES string of the molecule is Cn1c(=O)n(CC(=O)Oc2c(Cl)cc(Cl)cc2Cl)c2ccccc21. The van der Waals surface area contributed by atoms with E-state index in [2.05, 4.69) is 0 Å². The van der Waals surface area contributed by atoms with Crippen molar-refractivity contribution in [2.75, 3.05) is 0 Å². The van der Waals surface area contributed by atoms with Crippen LogP contribution < -0.4 is 10.4 Å². The zero-order valence-electron chi connectivity index (χ0n) is 12.4. The van der Waals surface area contributed by atoms with E-state index in [1.165, 1.54) is 21.3 Å². The van der Waals surface area contributed by atoms with Crippen LogP contribution in [0.1, 0.15) is 0 Å². The number of aryl methyl sites for hydroxylation is 1.